The third kappa shape index (κ3) is 1.49. The molecule has 3 heteroatoms. The number of carbonyl (C=O) groups excluding carboxylic acids is 1. The molecule has 0 saturated carbocycles. The van der Waals surface area contributed by atoms with Crippen molar-refractivity contribution in [3.8, 4) is 11.5 Å². The first-order chi connectivity index (χ1) is 6.29. The Balaban J connectivity index is 2.20. The van der Waals surface area contributed by atoms with Crippen molar-refractivity contribution in [1.29, 1.82) is 0 Å². The van der Waals surface area contributed by atoms with Crippen LogP contribution in [0.1, 0.15) is 12.0 Å². The van der Waals surface area contributed by atoms with Crippen molar-refractivity contribution in [2.24, 2.45) is 0 Å². The molecule has 1 aromatic carbocycles. The van der Waals surface area contributed by atoms with Crippen LogP contribution in [0.3, 0.4) is 0 Å². The number of carbonyl (C=O) groups is 1. The van der Waals surface area contributed by atoms with E-state index in [9.17, 15) is 9.90 Å². The summed E-state index contributed by atoms with van der Waals surface area (Å²) in [5.74, 6) is 1.03. The van der Waals surface area contributed by atoms with Gasteiger partial charge in [0.05, 0.1) is 0 Å². The van der Waals surface area contributed by atoms with E-state index in [-0.39, 0.29) is 11.9 Å². The second-order valence-corrected chi connectivity index (χ2v) is 3.14. The Hall–Kier alpha value is -1.51. The molecule has 0 aliphatic carbocycles. The fourth-order valence-corrected chi connectivity index (χ4v) is 1.55. The van der Waals surface area contributed by atoms with E-state index in [2.05, 4.69) is 0 Å². The van der Waals surface area contributed by atoms with Crippen LogP contribution in [0.4, 0.5) is 0 Å². The summed E-state index contributed by atoms with van der Waals surface area (Å²) in [5, 5.41) is 9.19. The lowest BCUT2D eigenvalue weighted by Gasteiger charge is -2.04. The number of rotatable bonds is 2. The lowest BCUT2D eigenvalue weighted by atomic mass is 10.1. The highest BCUT2D eigenvalue weighted by atomic mass is 16.5. The molecule has 1 heterocycles. The standard InChI is InChI=1S/C10H10O3/c11-4-3-9-6-7-5-8(12)1-2-10(7)13-9/h1-2,4-5,9,12H,3,6H2. The van der Waals surface area contributed by atoms with Crippen molar-refractivity contribution in [1.82, 2.24) is 0 Å². The summed E-state index contributed by atoms with van der Waals surface area (Å²) in [7, 11) is 0. The van der Waals surface area contributed by atoms with Crippen LogP contribution in [0.25, 0.3) is 0 Å². The smallest absolute Gasteiger partial charge is 0.123 e. The Labute approximate surface area is 76.0 Å². The molecule has 0 aromatic heterocycles. The number of aldehydes is 1. The van der Waals surface area contributed by atoms with E-state index in [1.165, 1.54) is 0 Å². The Morgan fingerprint density at radius 3 is 3.23 bits per heavy atom. The maximum atomic E-state index is 10.2. The molecule has 1 unspecified atom stereocenters. The van der Waals surface area contributed by atoms with Gasteiger partial charge in [-0.1, -0.05) is 0 Å². The molecule has 0 fully saturated rings. The molecule has 68 valence electrons. The summed E-state index contributed by atoms with van der Waals surface area (Å²) in [4.78, 5) is 10.2. The van der Waals surface area contributed by atoms with Crippen LogP contribution < -0.4 is 4.74 Å². The molecule has 1 aliphatic heterocycles. The monoisotopic (exact) mass is 178 g/mol. The highest BCUT2D eigenvalue weighted by Crippen LogP contribution is 2.32. The van der Waals surface area contributed by atoms with Gasteiger partial charge in [0, 0.05) is 18.4 Å². The normalized spacial score (nSPS) is 19.2. The van der Waals surface area contributed by atoms with Crippen LogP contribution in [-0.4, -0.2) is 17.5 Å². The SMILES string of the molecule is O=CCC1Cc2cc(O)ccc2O1. The molecule has 0 radical (unpaired) electrons. The Kier molecular flexibility index (Phi) is 1.93. The molecular formula is C10H10O3. The summed E-state index contributed by atoms with van der Waals surface area (Å²) < 4.78 is 5.46. The molecule has 1 N–H and O–H groups in total. The minimum atomic E-state index is -0.0469. The molecule has 1 aliphatic rings. The van der Waals surface area contributed by atoms with Crippen LogP contribution in [0.15, 0.2) is 18.2 Å². The van der Waals surface area contributed by atoms with E-state index in [4.69, 9.17) is 4.74 Å². The van der Waals surface area contributed by atoms with E-state index in [0.29, 0.717) is 12.8 Å². The molecule has 2 rings (SSSR count). The van der Waals surface area contributed by atoms with Crippen molar-refractivity contribution in [3.63, 3.8) is 0 Å². The van der Waals surface area contributed by atoms with E-state index in [1.54, 1.807) is 18.2 Å². The maximum Gasteiger partial charge on any atom is 0.123 e. The van der Waals surface area contributed by atoms with Gasteiger partial charge >= 0.3 is 0 Å². The molecule has 0 spiro atoms. The second-order valence-electron chi connectivity index (χ2n) is 3.14. The number of hydrogen-bond donors (Lipinski definition) is 1. The van der Waals surface area contributed by atoms with Crippen LogP contribution in [0, 0.1) is 0 Å². The minimum absolute atomic E-state index is 0.0469. The van der Waals surface area contributed by atoms with Gasteiger partial charge in [0.25, 0.3) is 0 Å². The molecular weight excluding hydrogens is 168 g/mol. The average Bonchev–Trinajstić information content (AvgIpc) is 2.46. The quantitative estimate of drug-likeness (QED) is 0.694. The van der Waals surface area contributed by atoms with Crippen LogP contribution in [-0.2, 0) is 11.2 Å². The maximum absolute atomic E-state index is 10.2. The van der Waals surface area contributed by atoms with Crippen molar-refractivity contribution in [3.05, 3.63) is 23.8 Å². The van der Waals surface area contributed by atoms with E-state index >= 15 is 0 Å². The lowest BCUT2D eigenvalue weighted by Crippen LogP contribution is -2.12. The van der Waals surface area contributed by atoms with E-state index < -0.39 is 0 Å². The zero-order valence-electron chi connectivity index (χ0n) is 7.06. The fourth-order valence-electron chi connectivity index (χ4n) is 1.55. The van der Waals surface area contributed by atoms with Gasteiger partial charge in [-0.15, -0.1) is 0 Å². The number of aromatic hydroxyl groups is 1. The topological polar surface area (TPSA) is 46.5 Å². The van der Waals surface area contributed by atoms with Crippen molar-refractivity contribution in [2.75, 3.05) is 0 Å². The number of hydrogen-bond acceptors (Lipinski definition) is 3. The van der Waals surface area contributed by atoms with Gasteiger partial charge in [-0.3, -0.25) is 0 Å². The minimum Gasteiger partial charge on any atom is -0.508 e. The van der Waals surface area contributed by atoms with Crippen molar-refractivity contribution >= 4 is 6.29 Å². The van der Waals surface area contributed by atoms with Gasteiger partial charge in [0.15, 0.2) is 0 Å². The van der Waals surface area contributed by atoms with Gasteiger partial charge in [-0.2, -0.15) is 0 Å². The molecule has 0 amide bonds. The lowest BCUT2D eigenvalue weighted by molar-refractivity contribution is -0.109. The van der Waals surface area contributed by atoms with Gasteiger partial charge in [0.2, 0.25) is 0 Å². The van der Waals surface area contributed by atoms with Crippen LogP contribution >= 0.6 is 0 Å². The highest BCUT2D eigenvalue weighted by Gasteiger charge is 2.22. The molecule has 1 atom stereocenters. The van der Waals surface area contributed by atoms with E-state index in [1.807, 2.05) is 0 Å². The van der Waals surface area contributed by atoms with Gasteiger partial charge < -0.3 is 14.6 Å². The largest absolute Gasteiger partial charge is 0.508 e. The summed E-state index contributed by atoms with van der Waals surface area (Å²) >= 11 is 0. The van der Waals surface area contributed by atoms with Gasteiger partial charge in [-0.25, -0.2) is 0 Å². The summed E-state index contributed by atoms with van der Waals surface area (Å²) in [6.07, 6.45) is 1.93. The van der Waals surface area contributed by atoms with Gasteiger partial charge in [-0.05, 0) is 18.2 Å². The zero-order valence-corrected chi connectivity index (χ0v) is 7.06. The van der Waals surface area contributed by atoms with E-state index in [0.717, 1.165) is 17.6 Å². The number of ether oxygens (including phenoxy) is 1. The van der Waals surface area contributed by atoms with Gasteiger partial charge in [0.1, 0.15) is 23.9 Å². The summed E-state index contributed by atoms with van der Waals surface area (Å²) in [5.41, 5.74) is 0.979. The Morgan fingerprint density at radius 2 is 2.46 bits per heavy atom. The molecule has 1 aromatic rings. The Bertz CT molecular complexity index is 333. The summed E-state index contributed by atoms with van der Waals surface area (Å²) in [6, 6.07) is 5.00. The summed E-state index contributed by atoms with van der Waals surface area (Å²) in [6.45, 7) is 0. The molecule has 0 saturated heterocycles. The first-order valence-corrected chi connectivity index (χ1v) is 4.22. The molecule has 13 heavy (non-hydrogen) atoms. The van der Waals surface area contributed by atoms with Crippen LogP contribution in [0.2, 0.25) is 0 Å². The Morgan fingerprint density at radius 1 is 1.62 bits per heavy atom. The molecule has 3 nitrogen and oxygen atoms in total. The van der Waals surface area contributed by atoms with Crippen LogP contribution in [0.5, 0.6) is 11.5 Å². The zero-order chi connectivity index (χ0) is 9.26. The highest BCUT2D eigenvalue weighted by molar-refractivity contribution is 5.52. The number of fused-ring (bicyclic) bond motifs is 1. The average molecular weight is 178 g/mol. The predicted molar refractivity (Wildman–Crippen MR) is 46.9 cm³/mol. The third-order valence-corrected chi connectivity index (χ3v) is 2.14. The number of benzene rings is 1. The van der Waals surface area contributed by atoms with Crippen molar-refractivity contribution in [2.45, 2.75) is 18.9 Å². The first kappa shape index (κ1) is 8.10. The second kappa shape index (κ2) is 3.09. The predicted octanol–water partition coefficient (Wildman–Crippen LogP) is 1.28. The fraction of sp³-hybridized carbons (Fsp3) is 0.300. The number of phenolic OH excluding ortho intramolecular Hbond substituents is 1. The third-order valence-electron chi connectivity index (χ3n) is 2.14. The molecule has 0 bridgehead atoms. The number of phenols is 1. The first-order valence-electron chi connectivity index (χ1n) is 4.22. The van der Waals surface area contributed by atoms with Crippen molar-refractivity contribution < 1.29 is 14.6 Å².